The van der Waals surface area contributed by atoms with Gasteiger partial charge in [-0.1, -0.05) is 12.1 Å². The molecule has 1 saturated heterocycles. The molecule has 1 aliphatic rings. The number of likely N-dealkylation sites (tertiary alicyclic amines) is 1. The molecule has 1 atom stereocenters. The quantitative estimate of drug-likeness (QED) is 0.130. The Hall–Kier alpha value is -3.59. The van der Waals surface area contributed by atoms with Gasteiger partial charge >= 0.3 is 0 Å². The Morgan fingerprint density at radius 2 is 2.11 bits per heavy atom. The zero-order valence-electron chi connectivity index (χ0n) is 19.9. The lowest BCUT2D eigenvalue weighted by Gasteiger charge is -2.22. The molecule has 0 spiro atoms. The van der Waals surface area contributed by atoms with Gasteiger partial charge < -0.3 is 20.0 Å². The molecule has 10 heteroatoms. The van der Waals surface area contributed by atoms with Crippen molar-refractivity contribution in [2.24, 2.45) is 4.99 Å². The van der Waals surface area contributed by atoms with Gasteiger partial charge in [-0.05, 0) is 90.7 Å². The van der Waals surface area contributed by atoms with Crippen LogP contribution in [-0.2, 0) is 16.1 Å². The van der Waals surface area contributed by atoms with Crippen LogP contribution in [0.25, 0.3) is 11.0 Å². The van der Waals surface area contributed by atoms with Crippen molar-refractivity contribution >= 4 is 57.0 Å². The van der Waals surface area contributed by atoms with Crippen molar-refractivity contribution in [1.82, 2.24) is 15.5 Å². The molecular weight excluding hydrogens is 571 g/mol. The third-order valence-electron chi connectivity index (χ3n) is 5.83. The maximum atomic E-state index is 13.3. The molecule has 0 radical (unpaired) electrons. The van der Waals surface area contributed by atoms with Gasteiger partial charge in [0.2, 0.25) is 17.8 Å². The number of hydrogen-bond donors (Lipinski definition) is 3. The van der Waals surface area contributed by atoms with Crippen molar-refractivity contribution < 1.29 is 14.0 Å². The van der Waals surface area contributed by atoms with Crippen LogP contribution in [0.4, 0.5) is 5.69 Å². The number of aliphatic imine (C=N–C) groups is 1. The fourth-order valence-corrected chi connectivity index (χ4v) is 4.74. The number of amides is 2. The summed E-state index contributed by atoms with van der Waals surface area (Å²) in [6.45, 7) is 2.75. The lowest BCUT2D eigenvalue weighted by molar-refractivity contribution is -0.136. The van der Waals surface area contributed by atoms with Crippen LogP contribution in [0.1, 0.15) is 30.6 Å². The monoisotopic (exact) mass is 598 g/mol. The van der Waals surface area contributed by atoms with Crippen molar-refractivity contribution in [1.29, 1.82) is 5.26 Å². The lowest BCUT2D eigenvalue weighted by Crippen LogP contribution is -2.44. The van der Waals surface area contributed by atoms with E-state index < -0.39 is 6.04 Å². The molecule has 4 rings (SSSR count). The summed E-state index contributed by atoms with van der Waals surface area (Å²) >= 11 is 2.23. The van der Waals surface area contributed by atoms with Crippen molar-refractivity contribution in [3.63, 3.8) is 0 Å². The summed E-state index contributed by atoms with van der Waals surface area (Å²) < 4.78 is 6.70. The van der Waals surface area contributed by atoms with Crippen LogP contribution in [0.15, 0.2) is 57.9 Å². The number of nitrogens with zero attached hydrogens (tertiary/aromatic N) is 3. The smallest absolute Gasteiger partial charge is 0.247 e. The molecule has 2 aromatic carbocycles. The number of carbonyl (C=O) groups excluding carboxylic acids is 2. The van der Waals surface area contributed by atoms with E-state index in [2.05, 4.69) is 43.5 Å². The lowest BCUT2D eigenvalue weighted by atomic mass is 10.1. The highest BCUT2D eigenvalue weighted by molar-refractivity contribution is 14.1. The normalized spacial score (nSPS) is 16.4. The summed E-state index contributed by atoms with van der Waals surface area (Å²) in [5.74, 6) is 0.541. The topological polar surface area (TPSA) is 123 Å². The molecule has 1 aliphatic heterocycles. The predicted octanol–water partition coefficient (Wildman–Crippen LogP) is 3.88. The predicted molar refractivity (Wildman–Crippen MR) is 146 cm³/mol. The number of furan rings is 1. The van der Waals surface area contributed by atoms with E-state index in [0.29, 0.717) is 25.2 Å². The van der Waals surface area contributed by atoms with Gasteiger partial charge in [-0.15, -0.1) is 0 Å². The maximum Gasteiger partial charge on any atom is 0.247 e. The van der Waals surface area contributed by atoms with Crippen LogP contribution in [0.5, 0.6) is 0 Å². The number of halogens is 1. The molecule has 3 N–H and O–H groups in total. The minimum absolute atomic E-state index is 0.0280. The SMILES string of the molecule is Cc1cc2cc(NC(=N[C@H]3CCCCN(CC(=O)NCc4cccc(I)c4)C3=O)NC#N)ccc2o1. The summed E-state index contributed by atoms with van der Waals surface area (Å²) in [5, 5.41) is 18.7. The van der Waals surface area contributed by atoms with Crippen LogP contribution in [0.2, 0.25) is 0 Å². The Balaban J connectivity index is 1.43. The van der Waals surface area contributed by atoms with Gasteiger partial charge in [0.1, 0.15) is 17.4 Å². The first-order valence-electron chi connectivity index (χ1n) is 11.7. The zero-order valence-corrected chi connectivity index (χ0v) is 22.0. The van der Waals surface area contributed by atoms with Gasteiger partial charge in [-0.2, -0.15) is 5.26 Å². The number of benzene rings is 2. The Kier molecular flexibility index (Phi) is 8.43. The summed E-state index contributed by atoms with van der Waals surface area (Å²) in [6, 6.07) is 14.7. The van der Waals surface area contributed by atoms with E-state index in [1.807, 2.05) is 61.6 Å². The van der Waals surface area contributed by atoms with E-state index in [1.54, 1.807) is 4.90 Å². The molecule has 0 aliphatic carbocycles. The standard InChI is InChI=1S/C26H27IN6O3/c1-17-11-19-13-21(8-9-23(19)36-17)31-26(30-16-28)32-22-7-2-3-10-33(25(22)35)15-24(34)29-14-18-5-4-6-20(27)12-18/h4-6,8-9,11-13,22H,2-3,7,10,14-15H2,1H3,(H,29,34)(H2,30,31,32)/t22-/m0/s1. The number of guanidine groups is 1. The maximum absolute atomic E-state index is 13.3. The molecule has 0 unspecified atom stereocenters. The molecular formula is C26H27IN6O3. The van der Waals surface area contributed by atoms with Gasteiger partial charge in [-0.25, -0.2) is 4.99 Å². The molecule has 1 aromatic heterocycles. The van der Waals surface area contributed by atoms with Gasteiger partial charge in [0.25, 0.3) is 0 Å². The molecule has 3 aromatic rings. The minimum Gasteiger partial charge on any atom is -0.461 e. The van der Waals surface area contributed by atoms with Gasteiger partial charge in [0, 0.05) is 27.7 Å². The zero-order chi connectivity index (χ0) is 25.5. The number of nitriles is 1. The van der Waals surface area contributed by atoms with E-state index in [1.165, 1.54) is 0 Å². The van der Waals surface area contributed by atoms with Crippen LogP contribution >= 0.6 is 22.6 Å². The molecule has 0 saturated carbocycles. The molecule has 2 heterocycles. The molecule has 9 nitrogen and oxygen atoms in total. The second-order valence-corrected chi connectivity index (χ2v) is 9.87. The van der Waals surface area contributed by atoms with Crippen LogP contribution in [-0.4, -0.2) is 41.8 Å². The van der Waals surface area contributed by atoms with E-state index >= 15 is 0 Å². The van der Waals surface area contributed by atoms with Crippen LogP contribution in [0.3, 0.4) is 0 Å². The van der Waals surface area contributed by atoms with E-state index in [9.17, 15) is 14.9 Å². The third-order valence-corrected chi connectivity index (χ3v) is 6.50. The molecule has 1 fully saturated rings. The van der Waals surface area contributed by atoms with E-state index in [4.69, 9.17) is 4.42 Å². The number of fused-ring (bicyclic) bond motifs is 1. The first-order chi connectivity index (χ1) is 17.4. The van der Waals surface area contributed by atoms with E-state index in [0.717, 1.165) is 38.7 Å². The first kappa shape index (κ1) is 25.5. The minimum atomic E-state index is -0.695. The summed E-state index contributed by atoms with van der Waals surface area (Å²) in [6.07, 6.45) is 3.99. The van der Waals surface area contributed by atoms with Gasteiger partial charge in [0.15, 0.2) is 6.19 Å². The largest absolute Gasteiger partial charge is 0.461 e. The average Bonchev–Trinajstić information content (AvgIpc) is 3.14. The molecule has 186 valence electrons. The molecule has 0 bridgehead atoms. The number of anilines is 1. The van der Waals surface area contributed by atoms with Gasteiger partial charge in [0.05, 0.1) is 6.54 Å². The third kappa shape index (κ3) is 6.75. The fourth-order valence-electron chi connectivity index (χ4n) is 4.13. The first-order valence-corrected chi connectivity index (χ1v) is 12.8. The Morgan fingerprint density at radius 3 is 2.92 bits per heavy atom. The Labute approximate surface area is 223 Å². The van der Waals surface area contributed by atoms with Crippen LogP contribution in [0, 0.1) is 21.9 Å². The highest BCUT2D eigenvalue weighted by atomic mass is 127. The second kappa shape index (κ2) is 11.9. The van der Waals surface area contributed by atoms with Crippen molar-refractivity contribution in [2.75, 3.05) is 18.4 Å². The average molecular weight is 598 g/mol. The van der Waals surface area contributed by atoms with Gasteiger partial charge in [-0.3, -0.25) is 14.9 Å². The van der Waals surface area contributed by atoms with Crippen molar-refractivity contribution in [2.45, 2.75) is 38.8 Å². The van der Waals surface area contributed by atoms with Crippen molar-refractivity contribution in [3.8, 4) is 6.19 Å². The summed E-state index contributed by atoms with van der Waals surface area (Å²) in [4.78, 5) is 31.9. The number of aryl methyl sites for hydroxylation is 1. The number of rotatable bonds is 6. The number of nitrogens with one attached hydrogen (secondary N) is 3. The second-order valence-electron chi connectivity index (χ2n) is 8.63. The highest BCUT2D eigenvalue weighted by Gasteiger charge is 2.28. The summed E-state index contributed by atoms with van der Waals surface area (Å²) in [7, 11) is 0. The molecule has 2 amide bonds. The van der Waals surface area contributed by atoms with Crippen molar-refractivity contribution in [3.05, 3.63) is 63.4 Å². The fraction of sp³-hybridized carbons (Fsp3) is 0.308. The van der Waals surface area contributed by atoms with E-state index in [-0.39, 0.29) is 24.3 Å². The Bertz CT molecular complexity index is 1330. The highest BCUT2D eigenvalue weighted by Crippen LogP contribution is 2.23. The summed E-state index contributed by atoms with van der Waals surface area (Å²) in [5.41, 5.74) is 2.47. The Morgan fingerprint density at radius 1 is 1.25 bits per heavy atom. The number of hydrogen-bond acceptors (Lipinski definition) is 5. The van der Waals surface area contributed by atoms with Crippen LogP contribution < -0.4 is 16.0 Å². The molecule has 36 heavy (non-hydrogen) atoms. The number of carbonyl (C=O) groups is 2.